The van der Waals surface area contributed by atoms with Gasteiger partial charge in [0.15, 0.2) is 5.69 Å². The van der Waals surface area contributed by atoms with Crippen LogP contribution in [0.5, 0.6) is 0 Å². The van der Waals surface area contributed by atoms with Crippen molar-refractivity contribution in [2.24, 2.45) is 0 Å². The molecule has 2 aliphatic rings. The Morgan fingerprint density at radius 3 is 2.77 bits per heavy atom. The molecule has 0 spiro atoms. The lowest BCUT2D eigenvalue weighted by atomic mass is 10.1. The fourth-order valence-corrected chi connectivity index (χ4v) is 5.19. The molecule has 1 aromatic carbocycles. The van der Waals surface area contributed by atoms with Crippen LogP contribution in [0.25, 0.3) is 5.69 Å². The number of fused-ring (bicyclic) bond motifs is 1. The summed E-state index contributed by atoms with van der Waals surface area (Å²) in [6, 6.07) is 14.6. The van der Waals surface area contributed by atoms with E-state index in [1.54, 1.807) is 11.3 Å². The molecule has 5 rings (SSSR count). The van der Waals surface area contributed by atoms with Crippen molar-refractivity contribution in [1.82, 2.24) is 14.7 Å². The fraction of sp³-hybridized carbons (Fsp3) is 0.333. The molecule has 2 aromatic heterocycles. The molecule has 26 heavy (non-hydrogen) atoms. The average Bonchev–Trinajstić information content (AvgIpc) is 3.46. The van der Waals surface area contributed by atoms with Gasteiger partial charge < -0.3 is 4.90 Å². The van der Waals surface area contributed by atoms with Gasteiger partial charge >= 0.3 is 0 Å². The van der Waals surface area contributed by atoms with Crippen LogP contribution in [-0.4, -0.2) is 27.1 Å². The van der Waals surface area contributed by atoms with Gasteiger partial charge in [0.2, 0.25) is 0 Å². The second-order valence-electron chi connectivity index (χ2n) is 7.05. The minimum absolute atomic E-state index is 0.105. The molecule has 0 bridgehead atoms. The van der Waals surface area contributed by atoms with E-state index in [0.717, 1.165) is 49.9 Å². The van der Waals surface area contributed by atoms with Crippen molar-refractivity contribution < 1.29 is 4.79 Å². The van der Waals surface area contributed by atoms with E-state index >= 15 is 0 Å². The number of para-hydroxylation sites is 1. The lowest BCUT2D eigenvalue weighted by Crippen LogP contribution is -2.31. The number of benzene rings is 1. The van der Waals surface area contributed by atoms with Gasteiger partial charge in [-0.05, 0) is 55.7 Å². The molecule has 1 aliphatic heterocycles. The Morgan fingerprint density at radius 1 is 1.08 bits per heavy atom. The second kappa shape index (κ2) is 6.40. The molecule has 132 valence electrons. The molecule has 0 unspecified atom stereocenters. The van der Waals surface area contributed by atoms with Gasteiger partial charge in [-0.2, -0.15) is 5.10 Å². The molecule has 3 heterocycles. The third-order valence-corrected chi connectivity index (χ3v) is 6.49. The summed E-state index contributed by atoms with van der Waals surface area (Å²) in [4.78, 5) is 16.7. The van der Waals surface area contributed by atoms with Crippen LogP contribution in [0.1, 0.15) is 51.9 Å². The number of hydrogen-bond donors (Lipinski definition) is 0. The Morgan fingerprint density at radius 2 is 1.96 bits per heavy atom. The number of amides is 1. The summed E-state index contributed by atoms with van der Waals surface area (Å²) in [6.07, 6.45) is 5.18. The first-order chi connectivity index (χ1) is 12.8. The van der Waals surface area contributed by atoms with E-state index in [0.29, 0.717) is 5.69 Å². The SMILES string of the molecule is O=C(c1nn(-c2ccccc2)c2c1CCC2)N1CCC[C@@H]1c1cccs1. The highest BCUT2D eigenvalue weighted by Crippen LogP contribution is 2.37. The molecule has 1 aliphatic carbocycles. The molecule has 1 saturated heterocycles. The maximum atomic E-state index is 13.4. The number of thiophene rings is 1. The number of rotatable bonds is 3. The molecular weight excluding hydrogens is 342 g/mol. The van der Waals surface area contributed by atoms with Gasteiger partial charge in [0.25, 0.3) is 5.91 Å². The lowest BCUT2D eigenvalue weighted by molar-refractivity contribution is 0.0730. The molecule has 0 radical (unpaired) electrons. The van der Waals surface area contributed by atoms with Crippen LogP contribution < -0.4 is 0 Å². The van der Waals surface area contributed by atoms with E-state index in [9.17, 15) is 4.79 Å². The molecule has 1 fully saturated rings. The molecular formula is C21H21N3OS. The summed E-state index contributed by atoms with van der Waals surface area (Å²) >= 11 is 1.74. The molecule has 0 saturated carbocycles. The van der Waals surface area contributed by atoms with Gasteiger partial charge in [0.05, 0.1) is 11.7 Å². The monoisotopic (exact) mass is 363 g/mol. The zero-order chi connectivity index (χ0) is 17.5. The van der Waals surface area contributed by atoms with Crippen LogP contribution in [0, 0.1) is 0 Å². The van der Waals surface area contributed by atoms with Crippen molar-refractivity contribution in [2.75, 3.05) is 6.54 Å². The van der Waals surface area contributed by atoms with Gasteiger partial charge in [0.1, 0.15) is 0 Å². The minimum Gasteiger partial charge on any atom is -0.329 e. The summed E-state index contributed by atoms with van der Waals surface area (Å²) in [5, 5.41) is 6.89. The van der Waals surface area contributed by atoms with Gasteiger partial charge in [-0.3, -0.25) is 4.79 Å². The minimum atomic E-state index is 0.105. The molecule has 1 amide bonds. The summed E-state index contributed by atoms with van der Waals surface area (Å²) in [5.41, 5.74) is 4.09. The normalized spacial score (nSPS) is 19.1. The first-order valence-electron chi connectivity index (χ1n) is 9.33. The molecule has 5 heteroatoms. The quantitative estimate of drug-likeness (QED) is 0.692. The Kier molecular flexibility index (Phi) is 3.89. The predicted octanol–water partition coefficient (Wildman–Crippen LogP) is 4.40. The molecule has 3 aromatic rings. The van der Waals surface area contributed by atoms with Crippen LogP contribution >= 0.6 is 11.3 Å². The highest BCUT2D eigenvalue weighted by molar-refractivity contribution is 7.10. The highest BCUT2D eigenvalue weighted by atomic mass is 32.1. The van der Waals surface area contributed by atoms with Crippen molar-refractivity contribution in [3.05, 3.63) is 69.7 Å². The van der Waals surface area contributed by atoms with Gasteiger partial charge in [-0.15, -0.1) is 11.3 Å². The van der Waals surface area contributed by atoms with E-state index in [1.165, 1.54) is 10.6 Å². The fourth-order valence-electron chi connectivity index (χ4n) is 4.31. The second-order valence-corrected chi connectivity index (χ2v) is 8.03. The Hall–Kier alpha value is -2.40. The number of carbonyl (C=O) groups excluding carboxylic acids is 1. The number of aromatic nitrogens is 2. The average molecular weight is 363 g/mol. The van der Waals surface area contributed by atoms with Crippen molar-refractivity contribution in [1.29, 1.82) is 0 Å². The standard InChI is InChI=1S/C21H21N3OS/c25-21(23-13-5-11-18(23)19-12-6-14-26-19)20-16-9-4-10-17(16)24(22-20)15-7-2-1-3-8-15/h1-3,6-8,12,14,18H,4-5,9-11,13H2/t18-/m1/s1. The smallest absolute Gasteiger partial charge is 0.275 e. The number of carbonyl (C=O) groups is 1. The number of hydrogen-bond acceptors (Lipinski definition) is 3. The third-order valence-electron chi connectivity index (χ3n) is 5.52. The first kappa shape index (κ1) is 15.8. The Bertz CT molecular complexity index is 930. The maximum absolute atomic E-state index is 13.4. The zero-order valence-corrected chi connectivity index (χ0v) is 15.4. The topological polar surface area (TPSA) is 38.1 Å². The van der Waals surface area contributed by atoms with E-state index in [-0.39, 0.29) is 11.9 Å². The first-order valence-corrected chi connectivity index (χ1v) is 10.2. The highest BCUT2D eigenvalue weighted by Gasteiger charge is 2.35. The molecule has 4 nitrogen and oxygen atoms in total. The van der Waals surface area contributed by atoms with Crippen molar-refractivity contribution >= 4 is 17.2 Å². The number of nitrogens with zero attached hydrogens (tertiary/aromatic N) is 3. The summed E-state index contributed by atoms with van der Waals surface area (Å²) in [7, 11) is 0. The molecule has 1 atom stereocenters. The lowest BCUT2D eigenvalue weighted by Gasteiger charge is -2.23. The van der Waals surface area contributed by atoms with Gasteiger partial charge in [-0.1, -0.05) is 24.3 Å². The van der Waals surface area contributed by atoms with Crippen LogP contribution in [0.15, 0.2) is 47.8 Å². The van der Waals surface area contributed by atoms with Gasteiger partial charge in [0, 0.05) is 22.7 Å². The number of likely N-dealkylation sites (tertiary alicyclic amines) is 1. The Labute approximate surface area is 157 Å². The Balaban J connectivity index is 1.53. The van der Waals surface area contributed by atoms with Crippen molar-refractivity contribution in [2.45, 2.75) is 38.1 Å². The molecule has 0 N–H and O–H groups in total. The summed E-state index contributed by atoms with van der Waals surface area (Å²) < 4.78 is 1.99. The van der Waals surface area contributed by atoms with Crippen molar-refractivity contribution in [3.63, 3.8) is 0 Å². The van der Waals surface area contributed by atoms with Crippen LogP contribution in [-0.2, 0) is 12.8 Å². The third kappa shape index (κ3) is 2.50. The maximum Gasteiger partial charge on any atom is 0.275 e. The van der Waals surface area contributed by atoms with Crippen LogP contribution in [0.2, 0.25) is 0 Å². The summed E-state index contributed by atoms with van der Waals surface area (Å²) in [5.74, 6) is 0.105. The zero-order valence-electron chi connectivity index (χ0n) is 14.6. The summed E-state index contributed by atoms with van der Waals surface area (Å²) in [6.45, 7) is 0.828. The van der Waals surface area contributed by atoms with E-state index in [1.807, 2.05) is 27.8 Å². The van der Waals surface area contributed by atoms with Crippen LogP contribution in [0.3, 0.4) is 0 Å². The van der Waals surface area contributed by atoms with E-state index < -0.39 is 0 Å². The van der Waals surface area contributed by atoms with Gasteiger partial charge in [-0.25, -0.2) is 4.68 Å². The van der Waals surface area contributed by atoms with Crippen molar-refractivity contribution in [3.8, 4) is 5.69 Å². The largest absolute Gasteiger partial charge is 0.329 e. The van der Waals surface area contributed by atoms with E-state index in [4.69, 9.17) is 5.10 Å². The van der Waals surface area contributed by atoms with E-state index in [2.05, 4.69) is 29.6 Å². The van der Waals surface area contributed by atoms with Crippen LogP contribution in [0.4, 0.5) is 0 Å². The predicted molar refractivity (Wildman–Crippen MR) is 103 cm³/mol.